The molecule has 0 saturated carbocycles. The minimum Gasteiger partial charge on any atom is -0.481 e. The fourth-order valence-electron chi connectivity index (χ4n) is 2.55. The zero-order valence-corrected chi connectivity index (χ0v) is 13.7. The van der Waals surface area contributed by atoms with E-state index in [4.69, 9.17) is 15.3 Å². The molecule has 1 aliphatic rings. The highest BCUT2D eigenvalue weighted by molar-refractivity contribution is 5.79. The monoisotopic (exact) mass is 324 g/mol. The van der Waals surface area contributed by atoms with Crippen molar-refractivity contribution in [2.45, 2.75) is 45.3 Å². The van der Waals surface area contributed by atoms with E-state index in [0.717, 1.165) is 0 Å². The summed E-state index contributed by atoms with van der Waals surface area (Å²) >= 11 is 0. The maximum absolute atomic E-state index is 9.72. The van der Waals surface area contributed by atoms with Crippen LogP contribution in [0.1, 0.15) is 42.1 Å². The van der Waals surface area contributed by atoms with Crippen LogP contribution in [0, 0.1) is 13.8 Å². The molecule has 7 nitrogen and oxygen atoms in total. The van der Waals surface area contributed by atoms with Crippen LogP contribution in [0.5, 0.6) is 0 Å². The van der Waals surface area contributed by atoms with Gasteiger partial charge in [0.05, 0.1) is 6.42 Å². The number of hydrogen-bond acceptors (Lipinski definition) is 5. The first-order chi connectivity index (χ1) is 10.7. The molecule has 23 heavy (non-hydrogen) atoms. The molecular weight excluding hydrogens is 300 g/mol. The number of aliphatic hydroxyl groups excluding tert-OH is 1. The predicted octanol–water partition coefficient (Wildman–Crippen LogP) is 1.37. The molecule has 0 aromatic carbocycles. The smallest absolute Gasteiger partial charge is 0.333 e. The predicted molar refractivity (Wildman–Crippen MR) is 84.2 cm³/mol. The Labute approximate surface area is 135 Å². The van der Waals surface area contributed by atoms with Gasteiger partial charge in [-0.1, -0.05) is 6.07 Å². The van der Waals surface area contributed by atoms with Crippen LogP contribution < -0.4 is 0 Å². The quantitative estimate of drug-likeness (QED) is 0.767. The second-order valence-electron chi connectivity index (χ2n) is 5.78. The SMILES string of the molecule is Cc1cnc(C)c([C@@H]2CCCN2C)c1.O=C(O)C[C@H](O)C(=O)O. The van der Waals surface area contributed by atoms with Crippen molar-refractivity contribution < 1.29 is 24.9 Å². The van der Waals surface area contributed by atoms with E-state index in [1.165, 1.54) is 36.2 Å². The molecule has 2 rings (SSSR count). The van der Waals surface area contributed by atoms with Gasteiger partial charge >= 0.3 is 11.9 Å². The molecule has 1 saturated heterocycles. The van der Waals surface area contributed by atoms with Crippen LogP contribution in [-0.2, 0) is 9.59 Å². The Morgan fingerprint density at radius 2 is 2.04 bits per heavy atom. The van der Waals surface area contributed by atoms with Crippen molar-refractivity contribution in [3.63, 3.8) is 0 Å². The molecule has 0 spiro atoms. The van der Waals surface area contributed by atoms with Gasteiger partial charge in [0, 0.05) is 17.9 Å². The lowest BCUT2D eigenvalue weighted by molar-refractivity contribution is -0.152. The molecule has 2 atom stereocenters. The molecule has 0 aliphatic carbocycles. The van der Waals surface area contributed by atoms with Crippen LogP contribution in [0.2, 0.25) is 0 Å². The van der Waals surface area contributed by atoms with Crippen LogP contribution >= 0.6 is 0 Å². The van der Waals surface area contributed by atoms with Crippen LogP contribution in [0.3, 0.4) is 0 Å². The molecule has 0 radical (unpaired) electrons. The molecule has 128 valence electrons. The summed E-state index contributed by atoms with van der Waals surface area (Å²) in [5.41, 5.74) is 3.88. The fourth-order valence-corrected chi connectivity index (χ4v) is 2.55. The standard InChI is InChI=1S/C12H18N2.C4H6O5/c1-9-7-11(10(2)13-8-9)12-5-4-6-14(12)3;5-2(4(8)9)1-3(6)7/h7-8,12H,4-6H2,1-3H3;2,5H,1H2,(H,6,7)(H,8,9)/t12-;2-/m00/s1. The molecule has 1 aromatic rings. The molecule has 1 fully saturated rings. The van der Waals surface area contributed by atoms with E-state index in [1.54, 1.807) is 0 Å². The summed E-state index contributed by atoms with van der Waals surface area (Å²) in [6.07, 6.45) is 2.00. The van der Waals surface area contributed by atoms with Gasteiger partial charge in [0.1, 0.15) is 0 Å². The summed E-state index contributed by atoms with van der Waals surface area (Å²) in [5.74, 6) is -2.85. The third-order valence-electron chi connectivity index (χ3n) is 3.80. The third-order valence-corrected chi connectivity index (χ3v) is 3.80. The number of hydrogen-bond donors (Lipinski definition) is 3. The van der Waals surface area contributed by atoms with Gasteiger partial charge in [0.25, 0.3) is 0 Å². The average molecular weight is 324 g/mol. The molecule has 0 unspecified atom stereocenters. The van der Waals surface area contributed by atoms with Crippen molar-refractivity contribution in [1.82, 2.24) is 9.88 Å². The summed E-state index contributed by atoms with van der Waals surface area (Å²) in [7, 11) is 2.21. The Kier molecular flexibility index (Phi) is 7.12. The number of aryl methyl sites for hydroxylation is 2. The normalized spacial score (nSPS) is 18.9. The maximum Gasteiger partial charge on any atom is 0.333 e. The van der Waals surface area contributed by atoms with Gasteiger partial charge in [-0.3, -0.25) is 14.7 Å². The highest BCUT2D eigenvalue weighted by atomic mass is 16.4. The van der Waals surface area contributed by atoms with Gasteiger partial charge in [-0.25, -0.2) is 4.79 Å². The van der Waals surface area contributed by atoms with E-state index in [0.29, 0.717) is 6.04 Å². The number of aliphatic hydroxyl groups is 1. The van der Waals surface area contributed by atoms with Crippen molar-refractivity contribution in [3.05, 3.63) is 29.1 Å². The minimum atomic E-state index is -1.79. The highest BCUT2D eigenvalue weighted by Crippen LogP contribution is 2.31. The van der Waals surface area contributed by atoms with Crippen molar-refractivity contribution >= 4 is 11.9 Å². The summed E-state index contributed by atoms with van der Waals surface area (Å²) in [4.78, 5) is 26.3. The van der Waals surface area contributed by atoms with E-state index >= 15 is 0 Å². The highest BCUT2D eigenvalue weighted by Gasteiger charge is 2.24. The number of likely N-dealkylation sites (tertiary alicyclic amines) is 1. The summed E-state index contributed by atoms with van der Waals surface area (Å²) in [6.45, 7) is 5.45. The first kappa shape index (κ1) is 19.1. The Bertz CT molecular complexity index is 561. The van der Waals surface area contributed by atoms with E-state index in [9.17, 15) is 9.59 Å². The van der Waals surface area contributed by atoms with Gasteiger partial charge in [0.15, 0.2) is 6.10 Å². The lowest BCUT2D eigenvalue weighted by Crippen LogP contribution is -2.22. The van der Waals surface area contributed by atoms with E-state index in [2.05, 4.69) is 36.8 Å². The minimum absolute atomic E-state index is 0.599. The molecule has 0 amide bonds. The summed E-state index contributed by atoms with van der Waals surface area (Å²) in [6, 6.07) is 2.89. The van der Waals surface area contributed by atoms with Gasteiger partial charge < -0.3 is 15.3 Å². The van der Waals surface area contributed by atoms with Gasteiger partial charge in [0.2, 0.25) is 0 Å². The largest absolute Gasteiger partial charge is 0.481 e. The van der Waals surface area contributed by atoms with Crippen LogP contribution in [0.4, 0.5) is 0 Å². The first-order valence-corrected chi connectivity index (χ1v) is 7.48. The van der Waals surface area contributed by atoms with Crippen LogP contribution in [0.25, 0.3) is 0 Å². The van der Waals surface area contributed by atoms with Gasteiger partial charge in [-0.05, 0) is 51.4 Å². The molecule has 0 bridgehead atoms. The van der Waals surface area contributed by atoms with E-state index < -0.39 is 24.5 Å². The van der Waals surface area contributed by atoms with Crippen LogP contribution in [-0.4, -0.2) is 56.8 Å². The Balaban J connectivity index is 0.000000257. The number of carbonyl (C=O) groups is 2. The molecule has 3 N–H and O–H groups in total. The molecular formula is C16H24N2O5. The van der Waals surface area contributed by atoms with Crippen molar-refractivity contribution in [2.24, 2.45) is 0 Å². The summed E-state index contributed by atoms with van der Waals surface area (Å²) in [5, 5.41) is 24.1. The van der Waals surface area contributed by atoms with Crippen molar-refractivity contribution in [2.75, 3.05) is 13.6 Å². The molecule has 1 aromatic heterocycles. The number of aromatic nitrogens is 1. The first-order valence-electron chi connectivity index (χ1n) is 7.48. The number of carboxylic acid groups (broad SMARTS) is 2. The fraction of sp³-hybridized carbons (Fsp3) is 0.562. The lowest BCUT2D eigenvalue weighted by Gasteiger charge is -2.21. The Morgan fingerprint density at radius 1 is 1.39 bits per heavy atom. The molecule has 1 aliphatic heterocycles. The zero-order valence-electron chi connectivity index (χ0n) is 13.7. The maximum atomic E-state index is 9.72. The second-order valence-corrected chi connectivity index (χ2v) is 5.78. The lowest BCUT2D eigenvalue weighted by atomic mass is 10.0. The van der Waals surface area contributed by atoms with E-state index in [1.807, 2.05) is 6.20 Å². The van der Waals surface area contributed by atoms with Crippen molar-refractivity contribution in [3.8, 4) is 0 Å². The molecule has 7 heteroatoms. The topological polar surface area (TPSA) is 111 Å². The summed E-state index contributed by atoms with van der Waals surface area (Å²) < 4.78 is 0. The number of nitrogens with zero attached hydrogens (tertiary/aromatic N) is 2. The van der Waals surface area contributed by atoms with E-state index in [-0.39, 0.29) is 0 Å². The average Bonchev–Trinajstić information content (AvgIpc) is 2.87. The third kappa shape index (κ3) is 5.96. The number of aliphatic carboxylic acids is 2. The zero-order chi connectivity index (χ0) is 17.6. The Morgan fingerprint density at radius 3 is 2.48 bits per heavy atom. The number of rotatable bonds is 4. The Hall–Kier alpha value is -1.99. The number of pyridine rings is 1. The van der Waals surface area contributed by atoms with Crippen molar-refractivity contribution in [1.29, 1.82) is 0 Å². The second kappa shape index (κ2) is 8.59. The molecule has 2 heterocycles. The number of carboxylic acids is 2. The van der Waals surface area contributed by atoms with Gasteiger partial charge in [-0.2, -0.15) is 0 Å². The van der Waals surface area contributed by atoms with Gasteiger partial charge in [-0.15, -0.1) is 0 Å². The van der Waals surface area contributed by atoms with Crippen LogP contribution in [0.15, 0.2) is 12.3 Å².